The summed E-state index contributed by atoms with van der Waals surface area (Å²) in [6.07, 6.45) is 0.577. The third-order valence-corrected chi connectivity index (χ3v) is 1.88. The number of rotatable bonds is 6. The monoisotopic (exact) mass is 162 g/mol. The molecule has 0 fully saturated rings. The molecule has 0 aromatic heterocycles. The minimum Gasteiger partial charge on any atom is -0.467 e. The number of aliphatic hydroxyl groups excluding tert-OH is 2. The Hall–Kier alpha value is -0.610. The minimum absolute atomic E-state index is 0.0694. The molecule has 66 valence electrons. The van der Waals surface area contributed by atoms with Gasteiger partial charge in [0.05, 0.1) is 18.6 Å². The van der Waals surface area contributed by atoms with Crippen LogP contribution in [0.1, 0.15) is 13.3 Å². The van der Waals surface area contributed by atoms with Crippen LogP contribution >= 0.6 is 0 Å². The molecule has 0 atom stereocenters. The second-order valence-corrected chi connectivity index (χ2v) is 2.58. The molecule has 0 saturated carbocycles. The quantitative estimate of drug-likeness (QED) is 0.519. The van der Waals surface area contributed by atoms with Crippen LogP contribution in [0.2, 0.25) is 0 Å². The summed E-state index contributed by atoms with van der Waals surface area (Å²) in [4.78, 5) is 9.81. The summed E-state index contributed by atoms with van der Waals surface area (Å²) in [6, 6.07) is 0. The van der Waals surface area contributed by atoms with Crippen LogP contribution in [-0.4, -0.2) is 36.5 Å². The normalized spacial score (nSPS) is 11.2. The number of hydrogen-bond donors (Lipinski definition) is 2. The molecule has 4 nitrogen and oxygen atoms in total. The molecule has 11 heavy (non-hydrogen) atoms. The van der Waals surface area contributed by atoms with Gasteiger partial charge in [0.15, 0.2) is 0 Å². The zero-order chi connectivity index (χ0) is 8.74. The van der Waals surface area contributed by atoms with E-state index in [-0.39, 0.29) is 19.8 Å². The van der Waals surface area contributed by atoms with Gasteiger partial charge in [0.2, 0.25) is 0 Å². The van der Waals surface area contributed by atoms with E-state index < -0.39 is 5.41 Å². The Bertz CT molecular complexity index is 101. The van der Waals surface area contributed by atoms with Gasteiger partial charge in [0, 0.05) is 0 Å². The highest BCUT2D eigenvalue weighted by molar-refractivity contribution is 5.37. The zero-order valence-electron chi connectivity index (χ0n) is 6.62. The molecule has 0 amide bonds. The fourth-order valence-corrected chi connectivity index (χ4v) is 0.678. The second-order valence-electron chi connectivity index (χ2n) is 2.58. The Morgan fingerprint density at radius 2 is 2.00 bits per heavy atom. The Balaban J connectivity index is 3.93. The van der Waals surface area contributed by atoms with Gasteiger partial charge < -0.3 is 14.9 Å². The van der Waals surface area contributed by atoms with Crippen molar-refractivity contribution in [3.05, 3.63) is 0 Å². The smallest absolute Gasteiger partial charge is 0.293 e. The van der Waals surface area contributed by atoms with Crippen LogP contribution in [0.25, 0.3) is 0 Å². The maximum absolute atomic E-state index is 9.81. The topological polar surface area (TPSA) is 66.8 Å². The summed E-state index contributed by atoms with van der Waals surface area (Å²) < 4.78 is 4.47. The predicted octanol–water partition coefficient (Wildman–Crippen LogP) is -0.460. The van der Waals surface area contributed by atoms with Gasteiger partial charge in [-0.25, -0.2) is 0 Å². The van der Waals surface area contributed by atoms with Crippen LogP contribution in [0.4, 0.5) is 0 Å². The lowest BCUT2D eigenvalue weighted by Crippen LogP contribution is -2.34. The van der Waals surface area contributed by atoms with Gasteiger partial charge in [0.25, 0.3) is 6.47 Å². The van der Waals surface area contributed by atoms with Crippen LogP contribution in [0, 0.1) is 5.41 Å². The number of carbonyl (C=O) groups excluding carboxylic acids is 1. The molecule has 4 heteroatoms. The van der Waals surface area contributed by atoms with Crippen LogP contribution in [0.3, 0.4) is 0 Å². The molecule has 0 aliphatic heterocycles. The van der Waals surface area contributed by atoms with Crippen molar-refractivity contribution in [2.24, 2.45) is 5.41 Å². The van der Waals surface area contributed by atoms with Crippen molar-refractivity contribution in [1.82, 2.24) is 0 Å². The Morgan fingerprint density at radius 1 is 1.45 bits per heavy atom. The van der Waals surface area contributed by atoms with E-state index in [9.17, 15) is 4.79 Å². The summed E-state index contributed by atoms with van der Waals surface area (Å²) in [5.74, 6) is 0. The molecule has 0 bridgehead atoms. The van der Waals surface area contributed by atoms with E-state index in [0.29, 0.717) is 12.9 Å². The highest BCUT2D eigenvalue weighted by atomic mass is 16.5. The lowest BCUT2D eigenvalue weighted by Gasteiger charge is -2.26. The van der Waals surface area contributed by atoms with Crippen molar-refractivity contribution in [3.63, 3.8) is 0 Å². The first-order chi connectivity index (χ1) is 5.24. The maximum atomic E-state index is 9.81. The molecule has 0 heterocycles. The molecule has 0 saturated heterocycles. The predicted molar refractivity (Wildman–Crippen MR) is 38.9 cm³/mol. The van der Waals surface area contributed by atoms with Gasteiger partial charge in [-0.1, -0.05) is 6.92 Å². The van der Waals surface area contributed by atoms with Gasteiger partial charge in [-0.3, -0.25) is 4.79 Å². The number of hydrogen-bond acceptors (Lipinski definition) is 4. The summed E-state index contributed by atoms with van der Waals surface area (Å²) in [7, 11) is 0. The number of ether oxygens (including phenoxy) is 1. The van der Waals surface area contributed by atoms with Crippen molar-refractivity contribution in [2.45, 2.75) is 13.3 Å². The molecule has 0 spiro atoms. The molecule has 0 aromatic carbocycles. The average molecular weight is 162 g/mol. The highest BCUT2D eigenvalue weighted by Gasteiger charge is 2.27. The van der Waals surface area contributed by atoms with Crippen LogP contribution in [0.15, 0.2) is 0 Å². The minimum atomic E-state index is -0.666. The molecule has 0 unspecified atom stereocenters. The van der Waals surface area contributed by atoms with Gasteiger partial charge in [-0.05, 0) is 6.42 Å². The van der Waals surface area contributed by atoms with Gasteiger partial charge in [-0.2, -0.15) is 0 Å². The first-order valence-electron chi connectivity index (χ1n) is 3.51. The van der Waals surface area contributed by atoms with Crippen molar-refractivity contribution in [2.75, 3.05) is 19.8 Å². The first kappa shape index (κ1) is 10.4. The maximum Gasteiger partial charge on any atom is 0.293 e. The van der Waals surface area contributed by atoms with Crippen LogP contribution < -0.4 is 0 Å². The molecule has 2 N–H and O–H groups in total. The van der Waals surface area contributed by atoms with E-state index in [4.69, 9.17) is 10.2 Å². The van der Waals surface area contributed by atoms with E-state index in [1.54, 1.807) is 0 Å². The van der Waals surface area contributed by atoms with Crippen molar-refractivity contribution < 1.29 is 19.7 Å². The molecular weight excluding hydrogens is 148 g/mol. The number of aliphatic hydroxyl groups is 2. The van der Waals surface area contributed by atoms with Gasteiger partial charge >= 0.3 is 0 Å². The van der Waals surface area contributed by atoms with Gasteiger partial charge in [0.1, 0.15) is 6.61 Å². The summed E-state index contributed by atoms with van der Waals surface area (Å²) in [6.45, 7) is 1.86. The fourth-order valence-electron chi connectivity index (χ4n) is 0.678. The third kappa shape index (κ3) is 2.86. The SMILES string of the molecule is CCC(CO)(CO)COC=O. The first-order valence-corrected chi connectivity index (χ1v) is 3.51. The fraction of sp³-hybridized carbons (Fsp3) is 0.857. The Labute approximate surface area is 65.8 Å². The van der Waals surface area contributed by atoms with Crippen molar-refractivity contribution in [1.29, 1.82) is 0 Å². The number of carbonyl (C=O) groups is 1. The van der Waals surface area contributed by atoms with Gasteiger partial charge in [-0.15, -0.1) is 0 Å². The second kappa shape index (κ2) is 5.09. The molecule has 0 radical (unpaired) electrons. The average Bonchev–Trinajstić information content (AvgIpc) is 2.08. The standard InChI is InChI=1S/C7H14O4/c1-2-7(3-8,4-9)5-11-6-10/h6,8-9H,2-5H2,1H3. The molecular formula is C7H14O4. The van der Waals surface area contributed by atoms with E-state index in [2.05, 4.69) is 4.74 Å². The van der Waals surface area contributed by atoms with E-state index >= 15 is 0 Å². The molecule has 0 aromatic rings. The lowest BCUT2D eigenvalue weighted by molar-refractivity contribution is -0.134. The Morgan fingerprint density at radius 3 is 2.27 bits per heavy atom. The highest BCUT2D eigenvalue weighted by Crippen LogP contribution is 2.19. The van der Waals surface area contributed by atoms with Crippen LogP contribution in [0.5, 0.6) is 0 Å². The summed E-state index contributed by atoms with van der Waals surface area (Å²) in [5, 5.41) is 17.7. The van der Waals surface area contributed by atoms with Crippen molar-refractivity contribution >= 4 is 6.47 Å². The zero-order valence-corrected chi connectivity index (χ0v) is 6.62. The van der Waals surface area contributed by atoms with E-state index in [1.807, 2.05) is 6.92 Å². The molecule has 0 aliphatic rings. The summed E-state index contributed by atoms with van der Waals surface area (Å²) in [5.41, 5.74) is -0.666. The largest absolute Gasteiger partial charge is 0.467 e. The molecule has 0 rings (SSSR count). The Kier molecular flexibility index (Phi) is 4.81. The summed E-state index contributed by atoms with van der Waals surface area (Å²) >= 11 is 0. The van der Waals surface area contributed by atoms with Crippen LogP contribution in [-0.2, 0) is 9.53 Å². The third-order valence-electron chi connectivity index (χ3n) is 1.88. The molecule has 0 aliphatic carbocycles. The lowest BCUT2D eigenvalue weighted by atomic mass is 9.88. The van der Waals surface area contributed by atoms with E-state index in [0.717, 1.165) is 0 Å². The van der Waals surface area contributed by atoms with E-state index in [1.165, 1.54) is 0 Å². The van der Waals surface area contributed by atoms with Crippen molar-refractivity contribution in [3.8, 4) is 0 Å².